The summed E-state index contributed by atoms with van der Waals surface area (Å²) in [5.74, 6) is -0.152. The predicted octanol–water partition coefficient (Wildman–Crippen LogP) is 1.39. The maximum absolute atomic E-state index is 12.8. The van der Waals surface area contributed by atoms with E-state index < -0.39 is 6.04 Å². The van der Waals surface area contributed by atoms with E-state index in [1.807, 2.05) is 35.2 Å². The number of benzene rings is 1. The van der Waals surface area contributed by atoms with Crippen molar-refractivity contribution in [2.75, 3.05) is 40.0 Å². The molecular weight excluding hydrogens is 320 g/mol. The number of carbonyl (C=O) groups excluding carboxylic acids is 2. The first-order valence-electron chi connectivity index (χ1n) is 8.89. The van der Waals surface area contributed by atoms with Gasteiger partial charge in [0.15, 0.2) is 0 Å². The maximum atomic E-state index is 12.8. The van der Waals surface area contributed by atoms with Crippen LogP contribution in [0.25, 0.3) is 0 Å². The van der Waals surface area contributed by atoms with Gasteiger partial charge in [-0.1, -0.05) is 30.3 Å². The Balaban J connectivity index is 1.89. The molecule has 6 nitrogen and oxygen atoms in total. The molecule has 1 aromatic rings. The highest BCUT2D eigenvalue weighted by molar-refractivity contribution is 5.88. The summed E-state index contributed by atoms with van der Waals surface area (Å²) in [5, 5.41) is 2.89. The smallest absolute Gasteiger partial charge is 0.245 e. The standard InChI is InChI=1S/C19H28N2O4/c1-24-13-14-25-12-9-18(22)20-17(15-16-7-3-2-4-8-16)19(23)21-10-5-6-11-21/h2-4,7-8,17H,5-6,9-15H2,1H3,(H,20,22)/t17-/m1/s1. The molecule has 0 radical (unpaired) electrons. The first-order chi connectivity index (χ1) is 12.2. The zero-order chi connectivity index (χ0) is 17.9. The van der Waals surface area contributed by atoms with Crippen molar-refractivity contribution in [3.63, 3.8) is 0 Å². The fraction of sp³-hybridized carbons (Fsp3) is 0.579. The molecule has 138 valence electrons. The number of nitrogens with zero attached hydrogens (tertiary/aromatic N) is 1. The molecule has 1 saturated heterocycles. The van der Waals surface area contributed by atoms with Gasteiger partial charge in [-0.25, -0.2) is 0 Å². The van der Waals surface area contributed by atoms with Gasteiger partial charge >= 0.3 is 0 Å². The SMILES string of the molecule is COCCOCCC(=O)N[C@H](Cc1ccccc1)C(=O)N1CCCC1. The largest absolute Gasteiger partial charge is 0.382 e. The number of methoxy groups -OCH3 is 1. The van der Waals surface area contributed by atoms with Crippen LogP contribution in [0.1, 0.15) is 24.8 Å². The first-order valence-corrected chi connectivity index (χ1v) is 8.89. The van der Waals surface area contributed by atoms with Gasteiger partial charge in [-0.15, -0.1) is 0 Å². The molecule has 1 aliphatic heterocycles. The number of hydrogen-bond donors (Lipinski definition) is 1. The summed E-state index contributed by atoms with van der Waals surface area (Å²) in [6, 6.07) is 9.26. The fourth-order valence-corrected chi connectivity index (χ4v) is 2.88. The van der Waals surface area contributed by atoms with E-state index in [1.165, 1.54) is 0 Å². The summed E-state index contributed by atoms with van der Waals surface area (Å²) < 4.78 is 10.2. The van der Waals surface area contributed by atoms with Crippen LogP contribution >= 0.6 is 0 Å². The van der Waals surface area contributed by atoms with Crippen LogP contribution in [0.15, 0.2) is 30.3 Å². The molecule has 0 bridgehead atoms. The van der Waals surface area contributed by atoms with E-state index in [2.05, 4.69) is 5.32 Å². The summed E-state index contributed by atoms with van der Waals surface area (Å²) >= 11 is 0. The molecule has 2 amide bonds. The van der Waals surface area contributed by atoms with E-state index in [-0.39, 0.29) is 18.2 Å². The van der Waals surface area contributed by atoms with Gasteiger partial charge in [-0.3, -0.25) is 9.59 Å². The molecule has 0 saturated carbocycles. The van der Waals surface area contributed by atoms with Gasteiger partial charge in [-0.2, -0.15) is 0 Å². The molecule has 1 fully saturated rings. The summed E-state index contributed by atoms with van der Waals surface area (Å²) in [6.45, 7) is 2.85. The van der Waals surface area contributed by atoms with E-state index in [4.69, 9.17) is 9.47 Å². The lowest BCUT2D eigenvalue weighted by atomic mass is 10.0. The van der Waals surface area contributed by atoms with Crippen molar-refractivity contribution < 1.29 is 19.1 Å². The lowest BCUT2D eigenvalue weighted by molar-refractivity contribution is -0.135. The molecule has 1 aromatic carbocycles. The summed E-state index contributed by atoms with van der Waals surface area (Å²) in [7, 11) is 1.61. The molecule has 25 heavy (non-hydrogen) atoms. The highest BCUT2D eigenvalue weighted by Gasteiger charge is 2.27. The van der Waals surface area contributed by atoms with Crippen molar-refractivity contribution in [2.45, 2.75) is 31.7 Å². The van der Waals surface area contributed by atoms with Crippen LogP contribution in [-0.2, 0) is 25.5 Å². The molecule has 0 spiro atoms. The third kappa shape index (κ3) is 6.84. The van der Waals surface area contributed by atoms with Crippen LogP contribution < -0.4 is 5.32 Å². The lowest BCUT2D eigenvalue weighted by Gasteiger charge is -2.24. The minimum atomic E-state index is -0.521. The second kappa shape index (κ2) is 10.8. The van der Waals surface area contributed by atoms with E-state index >= 15 is 0 Å². The number of nitrogens with one attached hydrogen (secondary N) is 1. The summed E-state index contributed by atoms with van der Waals surface area (Å²) in [5.41, 5.74) is 1.04. The number of amides is 2. The summed E-state index contributed by atoms with van der Waals surface area (Å²) in [6.07, 6.45) is 2.81. The Hall–Kier alpha value is -1.92. The van der Waals surface area contributed by atoms with Gasteiger partial charge in [0, 0.05) is 33.0 Å². The third-order valence-electron chi connectivity index (χ3n) is 4.24. The van der Waals surface area contributed by atoms with E-state index in [0.29, 0.717) is 26.2 Å². The van der Waals surface area contributed by atoms with Crippen LogP contribution in [0.5, 0.6) is 0 Å². The molecule has 0 unspecified atom stereocenters. The zero-order valence-corrected chi connectivity index (χ0v) is 14.9. The monoisotopic (exact) mass is 348 g/mol. The topological polar surface area (TPSA) is 67.9 Å². The van der Waals surface area contributed by atoms with Crippen molar-refractivity contribution in [1.82, 2.24) is 10.2 Å². The van der Waals surface area contributed by atoms with Crippen LogP contribution in [0, 0.1) is 0 Å². The Morgan fingerprint density at radius 1 is 1.12 bits per heavy atom. The highest BCUT2D eigenvalue weighted by atomic mass is 16.5. The minimum Gasteiger partial charge on any atom is -0.382 e. The molecule has 1 heterocycles. The summed E-state index contributed by atoms with van der Waals surface area (Å²) in [4.78, 5) is 26.8. The van der Waals surface area contributed by atoms with Gasteiger partial charge < -0.3 is 19.7 Å². The molecule has 2 rings (SSSR count). The van der Waals surface area contributed by atoms with Gasteiger partial charge in [0.1, 0.15) is 6.04 Å². The van der Waals surface area contributed by atoms with Crippen molar-refractivity contribution >= 4 is 11.8 Å². The average molecular weight is 348 g/mol. The predicted molar refractivity (Wildman–Crippen MR) is 95.2 cm³/mol. The minimum absolute atomic E-state index is 0.00926. The van der Waals surface area contributed by atoms with Gasteiger partial charge in [0.25, 0.3) is 0 Å². The lowest BCUT2D eigenvalue weighted by Crippen LogP contribution is -2.49. The zero-order valence-electron chi connectivity index (χ0n) is 14.9. The van der Waals surface area contributed by atoms with Crippen LogP contribution in [0.3, 0.4) is 0 Å². The number of carbonyl (C=O) groups is 2. The first kappa shape index (κ1) is 19.4. The van der Waals surface area contributed by atoms with Gasteiger partial charge in [0.2, 0.25) is 11.8 Å². The molecule has 1 N–H and O–H groups in total. The fourth-order valence-electron chi connectivity index (χ4n) is 2.88. The average Bonchev–Trinajstić information content (AvgIpc) is 3.16. The molecule has 1 atom stereocenters. The van der Waals surface area contributed by atoms with Crippen molar-refractivity contribution in [2.24, 2.45) is 0 Å². The molecular formula is C19H28N2O4. The molecule has 0 aromatic heterocycles. The van der Waals surface area contributed by atoms with E-state index in [9.17, 15) is 9.59 Å². The Labute approximate surface area is 149 Å². The van der Waals surface area contributed by atoms with E-state index in [1.54, 1.807) is 7.11 Å². The molecule has 1 aliphatic rings. The number of hydrogen-bond acceptors (Lipinski definition) is 4. The molecule has 6 heteroatoms. The van der Waals surface area contributed by atoms with Gasteiger partial charge in [-0.05, 0) is 18.4 Å². The van der Waals surface area contributed by atoms with E-state index in [0.717, 1.165) is 31.5 Å². The van der Waals surface area contributed by atoms with Crippen molar-refractivity contribution in [1.29, 1.82) is 0 Å². The maximum Gasteiger partial charge on any atom is 0.245 e. The van der Waals surface area contributed by atoms with Crippen molar-refractivity contribution in [3.05, 3.63) is 35.9 Å². The normalized spacial score (nSPS) is 15.2. The molecule has 0 aliphatic carbocycles. The Morgan fingerprint density at radius 3 is 2.52 bits per heavy atom. The van der Waals surface area contributed by atoms with Crippen LogP contribution in [0.4, 0.5) is 0 Å². The Morgan fingerprint density at radius 2 is 1.84 bits per heavy atom. The third-order valence-corrected chi connectivity index (χ3v) is 4.24. The van der Waals surface area contributed by atoms with Crippen LogP contribution in [-0.4, -0.2) is 62.8 Å². The number of ether oxygens (including phenoxy) is 2. The van der Waals surface area contributed by atoms with Crippen LogP contribution in [0.2, 0.25) is 0 Å². The van der Waals surface area contributed by atoms with Gasteiger partial charge in [0.05, 0.1) is 19.8 Å². The quantitative estimate of drug-likeness (QED) is 0.649. The second-order valence-electron chi connectivity index (χ2n) is 6.20. The second-order valence-corrected chi connectivity index (χ2v) is 6.20. The Bertz CT molecular complexity index is 529. The van der Waals surface area contributed by atoms with Crippen molar-refractivity contribution in [3.8, 4) is 0 Å². The Kier molecular flexibility index (Phi) is 8.42. The number of likely N-dealkylation sites (tertiary alicyclic amines) is 1. The highest BCUT2D eigenvalue weighted by Crippen LogP contribution is 2.12. The number of rotatable bonds is 10.